The zero-order valence-corrected chi connectivity index (χ0v) is 21.0. The fourth-order valence-electron chi connectivity index (χ4n) is 5.40. The van der Waals surface area contributed by atoms with Crippen LogP contribution in [0.25, 0.3) is 43.4 Å². The molecule has 0 atom stereocenters. The summed E-state index contributed by atoms with van der Waals surface area (Å²) in [4.78, 5) is 14.4. The van der Waals surface area contributed by atoms with Crippen LogP contribution in [0, 0.1) is 6.92 Å². The highest BCUT2D eigenvalue weighted by Crippen LogP contribution is 2.44. The van der Waals surface area contributed by atoms with Crippen molar-refractivity contribution in [2.75, 3.05) is 14.2 Å². The molecule has 0 saturated heterocycles. The highest BCUT2D eigenvalue weighted by atomic mass is 16.5. The quantitative estimate of drug-likeness (QED) is 0.183. The lowest BCUT2D eigenvalue weighted by molar-refractivity contribution is 0.104. The molecule has 0 N–H and O–H groups in total. The molecule has 6 aromatic rings. The Morgan fingerprint density at radius 3 is 1.76 bits per heavy atom. The van der Waals surface area contributed by atoms with E-state index >= 15 is 0 Å². The maximum atomic E-state index is 14.4. The van der Waals surface area contributed by atoms with Crippen molar-refractivity contribution in [2.45, 2.75) is 6.92 Å². The van der Waals surface area contributed by atoms with Crippen LogP contribution in [0.5, 0.6) is 11.5 Å². The molecule has 0 aliphatic heterocycles. The number of hydrogen-bond acceptors (Lipinski definition) is 3. The number of fused-ring (bicyclic) bond motifs is 5. The van der Waals surface area contributed by atoms with Crippen LogP contribution in [-0.4, -0.2) is 20.0 Å². The van der Waals surface area contributed by atoms with Gasteiger partial charge < -0.3 is 9.47 Å². The van der Waals surface area contributed by atoms with Crippen LogP contribution in [-0.2, 0) is 0 Å². The van der Waals surface area contributed by atoms with Crippen LogP contribution in [0.2, 0.25) is 0 Å². The van der Waals surface area contributed by atoms with Crippen molar-refractivity contribution in [2.24, 2.45) is 0 Å². The van der Waals surface area contributed by atoms with E-state index in [1.54, 1.807) is 14.2 Å². The molecule has 0 saturated carbocycles. The summed E-state index contributed by atoms with van der Waals surface area (Å²) in [5.74, 6) is 1.48. The minimum Gasteiger partial charge on any atom is -0.497 e. The van der Waals surface area contributed by atoms with Crippen molar-refractivity contribution in [3.8, 4) is 22.6 Å². The predicted octanol–water partition coefficient (Wildman–Crippen LogP) is 8.37. The first-order valence-corrected chi connectivity index (χ1v) is 12.3. The molecule has 37 heavy (non-hydrogen) atoms. The van der Waals surface area contributed by atoms with Gasteiger partial charge in [0.2, 0.25) is 0 Å². The molecule has 0 fully saturated rings. The van der Waals surface area contributed by atoms with Gasteiger partial charge in [-0.25, -0.2) is 0 Å². The standard InChI is InChI=1S/C34H26O3/c1-21-20-30-27-9-5-7-11-29(27)33(34(35)23-14-18-25(37-3)19-15-23)31(22-12-16-24(36-2)17-13-22)32(30)28-10-6-4-8-26(21)28/h4-20H,1-3H3. The van der Waals surface area contributed by atoms with Crippen molar-refractivity contribution >= 4 is 38.1 Å². The average molecular weight is 483 g/mol. The van der Waals surface area contributed by atoms with Crippen molar-refractivity contribution in [1.29, 1.82) is 0 Å². The molecule has 3 heteroatoms. The first kappa shape index (κ1) is 22.8. The van der Waals surface area contributed by atoms with Gasteiger partial charge in [0.25, 0.3) is 0 Å². The minimum absolute atomic E-state index is 0.0174. The molecule has 0 radical (unpaired) electrons. The van der Waals surface area contributed by atoms with Crippen LogP contribution in [0.3, 0.4) is 0 Å². The molecule has 0 heterocycles. The van der Waals surface area contributed by atoms with Crippen LogP contribution >= 0.6 is 0 Å². The fourth-order valence-corrected chi connectivity index (χ4v) is 5.40. The molecule has 0 spiro atoms. The summed E-state index contributed by atoms with van der Waals surface area (Å²) < 4.78 is 10.8. The van der Waals surface area contributed by atoms with E-state index in [4.69, 9.17) is 9.47 Å². The van der Waals surface area contributed by atoms with Crippen LogP contribution in [0.15, 0.2) is 103 Å². The van der Waals surface area contributed by atoms with Crippen molar-refractivity contribution < 1.29 is 14.3 Å². The molecular formula is C34H26O3. The van der Waals surface area contributed by atoms with Gasteiger partial charge in [0.15, 0.2) is 5.78 Å². The monoisotopic (exact) mass is 482 g/mol. The summed E-state index contributed by atoms with van der Waals surface area (Å²) >= 11 is 0. The van der Waals surface area contributed by atoms with Gasteiger partial charge in [-0.3, -0.25) is 4.79 Å². The topological polar surface area (TPSA) is 35.5 Å². The average Bonchev–Trinajstić information content (AvgIpc) is 2.96. The molecule has 6 rings (SSSR count). The number of rotatable bonds is 5. The Labute approximate surface area is 215 Å². The van der Waals surface area contributed by atoms with E-state index in [2.05, 4.69) is 49.4 Å². The lowest BCUT2D eigenvalue weighted by atomic mass is 9.82. The van der Waals surface area contributed by atoms with E-state index in [0.717, 1.165) is 49.6 Å². The number of carbonyl (C=O) groups excluding carboxylic acids is 1. The van der Waals surface area contributed by atoms with Gasteiger partial charge in [0, 0.05) is 16.7 Å². The molecule has 0 aliphatic carbocycles. The summed E-state index contributed by atoms with van der Waals surface area (Å²) in [6.07, 6.45) is 0. The Morgan fingerprint density at radius 1 is 0.595 bits per heavy atom. The Balaban J connectivity index is 1.81. The second-order valence-corrected chi connectivity index (χ2v) is 9.24. The first-order valence-electron chi connectivity index (χ1n) is 12.3. The number of aryl methyl sites for hydroxylation is 1. The van der Waals surface area contributed by atoms with Crippen molar-refractivity contribution in [1.82, 2.24) is 0 Å². The van der Waals surface area contributed by atoms with E-state index < -0.39 is 0 Å². The highest BCUT2D eigenvalue weighted by Gasteiger charge is 2.24. The summed E-state index contributed by atoms with van der Waals surface area (Å²) in [6, 6.07) is 34.3. The predicted molar refractivity (Wildman–Crippen MR) is 152 cm³/mol. The molecule has 6 aromatic carbocycles. The summed E-state index contributed by atoms with van der Waals surface area (Å²) in [6.45, 7) is 2.15. The lowest BCUT2D eigenvalue weighted by Gasteiger charge is -2.20. The van der Waals surface area contributed by atoms with E-state index in [9.17, 15) is 4.79 Å². The molecule has 3 nitrogen and oxygen atoms in total. The number of methoxy groups -OCH3 is 2. The van der Waals surface area contributed by atoms with E-state index in [1.165, 1.54) is 10.9 Å². The number of ether oxygens (including phenoxy) is 2. The number of benzene rings is 6. The Kier molecular flexibility index (Phi) is 5.61. The summed E-state index contributed by atoms with van der Waals surface area (Å²) in [5, 5.41) is 6.56. The SMILES string of the molecule is COc1ccc(C(=O)c2c(-c3ccc(OC)cc3)c3c4ccccc4c(C)cc3c3ccccc23)cc1. The van der Waals surface area contributed by atoms with Gasteiger partial charge in [-0.1, -0.05) is 66.7 Å². The molecule has 0 amide bonds. The first-order chi connectivity index (χ1) is 18.1. The van der Waals surface area contributed by atoms with Crippen molar-refractivity contribution in [3.05, 3.63) is 120 Å². The Morgan fingerprint density at radius 2 is 1.14 bits per heavy atom. The molecule has 180 valence electrons. The molecule has 0 unspecified atom stereocenters. The normalized spacial score (nSPS) is 11.2. The smallest absolute Gasteiger partial charge is 0.194 e. The fraction of sp³-hybridized carbons (Fsp3) is 0.0882. The minimum atomic E-state index is -0.0174. The largest absolute Gasteiger partial charge is 0.497 e. The van der Waals surface area contributed by atoms with Gasteiger partial charge in [-0.05, 0) is 86.8 Å². The van der Waals surface area contributed by atoms with Gasteiger partial charge in [-0.15, -0.1) is 0 Å². The van der Waals surface area contributed by atoms with E-state index in [0.29, 0.717) is 11.1 Å². The number of ketones is 1. The molecule has 0 aromatic heterocycles. The second kappa shape index (κ2) is 9.11. The van der Waals surface area contributed by atoms with Gasteiger partial charge in [0.05, 0.1) is 14.2 Å². The maximum absolute atomic E-state index is 14.4. The van der Waals surface area contributed by atoms with E-state index in [-0.39, 0.29) is 5.78 Å². The zero-order valence-electron chi connectivity index (χ0n) is 21.0. The number of carbonyl (C=O) groups is 1. The molecule has 0 bridgehead atoms. The summed E-state index contributed by atoms with van der Waals surface area (Å²) in [5.41, 5.74) is 4.45. The van der Waals surface area contributed by atoms with Crippen LogP contribution < -0.4 is 9.47 Å². The van der Waals surface area contributed by atoms with Gasteiger partial charge >= 0.3 is 0 Å². The van der Waals surface area contributed by atoms with Gasteiger partial charge in [0.1, 0.15) is 11.5 Å². The third-order valence-electron chi connectivity index (χ3n) is 7.20. The van der Waals surface area contributed by atoms with E-state index in [1.807, 2.05) is 60.7 Å². The third-order valence-corrected chi connectivity index (χ3v) is 7.20. The molecule has 0 aliphatic rings. The van der Waals surface area contributed by atoms with Crippen LogP contribution in [0.1, 0.15) is 21.5 Å². The van der Waals surface area contributed by atoms with Gasteiger partial charge in [-0.2, -0.15) is 0 Å². The van der Waals surface area contributed by atoms with Crippen molar-refractivity contribution in [3.63, 3.8) is 0 Å². The summed E-state index contributed by atoms with van der Waals surface area (Å²) in [7, 11) is 3.29. The lowest BCUT2D eigenvalue weighted by Crippen LogP contribution is -2.06. The molecular weight excluding hydrogens is 456 g/mol. The highest BCUT2D eigenvalue weighted by molar-refractivity contribution is 6.32. The zero-order chi connectivity index (χ0) is 25.5. The Hall–Kier alpha value is -4.63. The van der Waals surface area contributed by atoms with Crippen LogP contribution in [0.4, 0.5) is 0 Å². The number of hydrogen-bond donors (Lipinski definition) is 0. The maximum Gasteiger partial charge on any atom is 0.194 e. The third kappa shape index (κ3) is 3.71. The second-order valence-electron chi connectivity index (χ2n) is 9.24. The Bertz CT molecular complexity index is 1800.